The topological polar surface area (TPSA) is 84.9 Å². The maximum absolute atomic E-state index is 12.0. The third-order valence-electron chi connectivity index (χ3n) is 7.07. The van der Waals surface area contributed by atoms with Crippen LogP contribution in [0.3, 0.4) is 0 Å². The quantitative estimate of drug-likeness (QED) is 0.611. The molecule has 0 aromatic carbocycles. The summed E-state index contributed by atoms with van der Waals surface area (Å²) in [5.41, 5.74) is -0.297. The van der Waals surface area contributed by atoms with Crippen LogP contribution in [0, 0.1) is 29.1 Å². The van der Waals surface area contributed by atoms with Crippen molar-refractivity contribution >= 4 is 12.1 Å². The van der Waals surface area contributed by atoms with Gasteiger partial charge in [-0.1, -0.05) is 0 Å². The molecule has 0 aliphatic heterocycles. The van der Waals surface area contributed by atoms with E-state index >= 15 is 0 Å². The zero-order valence-corrected chi connectivity index (χ0v) is 18.7. The van der Waals surface area contributed by atoms with Gasteiger partial charge in [-0.3, -0.25) is 4.79 Å². The van der Waals surface area contributed by atoms with Crippen LogP contribution in [0.15, 0.2) is 0 Å². The predicted molar refractivity (Wildman–Crippen MR) is 111 cm³/mol. The molecule has 0 radical (unpaired) electrons. The van der Waals surface area contributed by atoms with E-state index in [2.05, 4.69) is 5.32 Å². The molecule has 0 aromatic rings. The first-order valence-corrected chi connectivity index (χ1v) is 11.3. The van der Waals surface area contributed by atoms with Crippen molar-refractivity contribution in [3.63, 3.8) is 0 Å². The molecule has 3 atom stereocenters. The Morgan fingerprint density at radius 1 is 1.07 bits per heavy atom. The van der Waals surface area contributed by atoms with Gasteiger partial charge in [0.2, 0.25) is 0 Å². The van der Waals surface area contributed by atoms with Crippen molar-refractivity contribution in [3.8, 4) is 0 Å². The molecule has 6 heteroatoms. The van der Waals surface area contributed by atoms with Crippen molar-refractivity contribution in [2.24, 2.45) is 29.1 Å². The van der Waals surface area contributed by atoms with E-state index in [0.29, 0.717) is 0 Å². The molecular weight excluding hydrogens is 370 g/mol. The molecule has 0 unspecified atom stereocenters. The van der Waals surface area contributed by atoms with Gasteiger partial charge in [0.25, 0.3) is 0 Å². The zero-order chi connectivity index (χ0) is 21.4. The van der Waals surface area contributed by atoms with Gasteiger partial charge in [0.1, 0.15) is 5.60 Å². The maximum Gasteiger partial charge on any atom is 0.407 e. The van der Waals surface area contributed by atoms with E-state index < -0.39 is 23.6 Å². The van der Waals surface area contributed by atoms with Crippen molar-refractivity contribution < 1.29 is 24.2 Å². The molecule has 0 aromatic heterocycles. The molecule has 0 heterocycles. The monoisotopic (exact) mass is 409 g/mol. The number of carboxylic acid groups (broad SMARTS) is 1. The van der Waals surface area contributed by atoms with Gasteiger partial charge in [-0.2, -0.15) is 0 Å². The van der Waals surface area contributed by atoms with E-state index in [1.54, 1.807) is 6.92 Å². The second kappa shape index (κ2) is 8.44. The Bertz CT molecular complexity index is 576. The highest BCUT2D eigenvalue weighted by atomic mass is 16.6. The number of hydrogen-bond acceptors (Lipinski definition) is 4. The second-order valence-electron chi connectivity index (χ2n) is 11.2. The number of nitrogens with one attached hydrogen (secondary N) is 1. The third-order valence-corrected chi connectivity index (χ3v) is 7.07. The number of amides is 1. The molecule has 2 N–H and O–H groups in total. The van der Waals surface area contributed by atoms with E-state index in [4.69, 9.17) is 9.47 Å². The number of rotatable bonds is 8. The number of carbonyl (C=O) groups is 2. The van der Waals surface area contributed by atoms with Crippen molar-refractivity contribution in [1.82, 2.24) is 5.32 Å². The summed E-state index contributed by atoms with van der Waals surface area (Å²) >= 11 is 0. The number of aliphatic carboxylic acids is 1. The molecule has 0 saturated heterocycles. The Morgan fingerprint density at radius 2 is 1.59 bits per heavy atom. The number of carboxylic acids is 1. The number of carbonyl (C=O) groups excluding carboxylic acids is 1. The van der Waals surface area contributed by atoms with Crippen molar-refractivity contribution in [2.45, 2.75) is 97.3 Å². The highest BCUT2D eigenvalue weighted by molar-refractivity contribution is 5.70. The average molecular weight is 410 g/mol. The second-order valence-corrected chi connectivity index (χ2v) is 11.2. The van der Waals surface area contributed by atoms with Crippen LogP contribution in [0.1, 0.15) is 79.6 Å². The lowest BCUT2D eigenvalue weighted by atomic mass is 9.48. The van der Waals surface area contributed by atoms with Crippen LogP contribution in [0.2, 0.25) is 0 Å². The number of hydrogen-bond donors (Lipinski definition) is 2. The molecule has 29 heavy (non-hydrogen) atoms. The Labute approximate surface area is 175 Å². The summed E-state index contributed by atoms with van der Waals surface area (Å²) in [6.45, 7) is 9.36. The van der Waals surface area contributed by atoms with E-state index in [9.17, 15) is 14.7 Å². The first-order chi connectivity index (χ1) is 13.4. The van der Waals surface area contributed by atoms with Gasteiger partial charge in [-0.05, 0) is 103 Å². The fourth-order valence-electron chi connectivity index (χ4n) is 6.32. The molecule has 166 valence electrons. The minimum Gasteiger partial charge on any atom is -0.481 e. The Hall–Kier alpha value is -1.30. The molecule has 4 rings (SSSR count). The van der Waals surface area contributed by atoms with Crippen LogP contribution < -0.4 is 5.32 Å². The Morgan fingerprint density at radius 3 is 2.03 bits per heavy atom. The number of ether oxygens (including phenoxy) is 2. The summed E-state index contributed by atoms with van der Waals surface area (Å²) in [7, 11) is 0. The molecule has 4 fully saturated rings. The van der Waals surface area contributed by atoms with Crippen molar-refractivity contribution in [2.75, 3.05) is 6.61 Å². The Kier molecular flexibility index (Phi) is 6.52. The first kappa shape index (κ1) is 22.4. The summed E-state index contributed by atoms with van der Waals surface area (Å²) in [4.78, 5) is 23.7. The maximum atomic E-state index is 12.0. The normalized spacial score (nSPS) is 33.8. The standard InChI is InChI=1S/C23H39NO5/c1-14(24-21(27)29-22(3,4)5)13-28-19(15(2)20(25)26)12-23-9-16-6-17(10-23)8-18(7-16)11-23/h14-19H,6-13H2,1-5H3,(H,24,27)(H,25,26)/t14-,15-,16?,17?,18?,19-,23?/m1/s1. The van der Waals surface area contributed by atoms with Gasteiger partial charge >= 0.3 is 12.1 Å². The summed E-state index contributed by atoms with van der Waals surface area (Å²) in [6, 6.07) is -0.246. The van der Waals surface area contributed by atoms with Crippen LogP contribution >= 0.6 is 0 Å². The van der Waals surface area contributed by atoms with E-state index in [0.717, 1.165) is 24.2 Å². The zero-order valence-electron chi connectivity index (χ0n) is 18.7. The molecule has 6 nitrogen and oxygen atoms in total. The van der Waals surface area contributed by atoms with Gasteiger partial charge in [0.15, 0.2) is 0 Å². The van der Waals surface area contributed by atoms with E-state index in [-0.39, 0.29) is 24.2 Å². The lowest BCUT2D eigenvalue weighted by Gasteiger charge is -2.57. The summed E-state index contributed by atoms with van der Waals surface area (Å²) in [6.07, 6.45) is 7.83. The van der Waals surface area contributed by atoms with Crippen molar-refractivity contribution in [1.29, 1.82) is 0 Å². The smallest absolute Gasteiger partial charge is 0.407 e. The fourth-order valence-corrected chi connectivity index (χ4v) is 6.32. The highest BCUT2D eigenvalue weighted by Crippen LogP contribution is 2.62. The van der Waals surface area contributed by atoms with Gasteiger partial charge < -0.3 is 19.9 Å². The minimum atomic E-state index is -0.813. The van der Waals surface area contributed by atoms with E-state index in [1.807, 2.05) is 27.7 Å². The average Bonchev–Trinajstić information content (AvgIpc) is 2.54. The highest BCUT2D eigenvalue weighted by Gasteiger charge is 2.52. The van der Waals surface area contributed by atoms with Gasteiger partial charge in [-0.15, -0.1) is 0 Å². The molecule has 0 spiro atoms. The molecule has 1 amide bonds. The first-order valence-electron chi connectivity index (χ1n) is 11.3. The third kappa shape index (κ3) is 5.87. The largest absolute Gasteiger partial charge is 0.481 e. The number of alkyl carbamates (subject to hydrolysis) is 1. The molecule has 4 aliphatic rings. The van der Waals surface area contributed by atoms with Crippen LogP contribution in [-0.2, 0) is 14.3 Å². The van der Waals surface area contributed by atoms with Gasteiger partial charge in [0.05, 0.1) is 24.7 Å². The van der Waals surface area contributed by atoms with Gasteiger partial charge in [0, 0.05) is 0 Å². The molecule has 4 bridgehead atoms. The SMILES string of the molecule is C[C@H](CO[C@H](CC12CC3CC(CC(C3)C1)C2)[C@@H](C)C(=O)O)NC(=O)OC(C)(C)C. The van der Waals surface area contributed by atoms with E-state index in [1.165, 1.54) is 38.5 Å². The van der Waals surface area contributed by atoms with Crippen LogP contribution in [0.5, 0.6) is 0 Å². The predicted octanol–water partition coefficient (Wildman–Crippen LogP) is 4.61. The summed E-state index contributed by atoms with van der Waals surface area (Å²) in [5.74, 6) is 1.11. The van der Waals surface area contributed by atoms with Crippen molar-refractivity contribution in [3.05, 3.63) is 0 Å². The summed E-state index contributed by atoms with van der Waals surface area (Å²) < 4.78 is 11.4. The molecular formula is C23H39NO5. The van der Waals surface area contributed by atoms with Crippen LogP contribution in [-0.4, -0.2) is 41.5 Å². The van der Waals surface area contributed by atoms with Gasteiger partial charge in [-0.25, -0.2) is 4.79 Å². The lowest BCUT2D eigenvalue weighted by Crippen LogP contribution is -2.49. The summed E-state index contributed by atoms with van der Waals surface area (Å²) in [5, 5.41) is 12.4. The molecule has 4 aliphatic carbocycles. The lowest BCUT2D eigenvalue weighted by molar-refractivity contribution is -0.151. The minimum absolute atomic E-state index is 0.246. The van der Waals surface area contributed by atoms with Crippen LogP contribution in [0.4, 0.5) is 4.79 Å². The fraction of sp³-hybridized carbons (Fsp3) is 0.913. The Balaban J connectivity index is 1.58. The molecule has 4 saturated carbocycles. The van der Waals surface area contributed by atoms with Crippen LogP contribution in [0.25, 0.3) is 0 Å².